The number of hydrogen-bond acceptors (Lipinski definition) is 2. The number of hydrogen-bond donors (Lipinski definition) is 1. The van der Waals surface area contributed by atoms with Crippen LogP contribution in [0.25, 0.3) is 11.0 Å². The van der Waals surface area contributed by atoms with Crippen molar-refractivity contribution in [3.8, 4) is 0 Å². The van der Waals surface area contributed by atoms with Gasteiger partial charge in [0.15, 0.2) is 0 Å². The normalized spacial score (nSPS) is 12.5. The molecule has 0 bridgehead atoms. The Bertz CT molecular complexity index is 887. The van der Waals surface area contributed by atoms with E-state index >= 15 is 0 Å². The van der Waals surface area contributed by atoms with Gasteiger partial charge in [-0.05, 0) is 31.2 Å². The molecule has 0 unspecified atom stereocenters. The van der Waals surface area contributed by atoms with E-state index in [0.717, 1.165) is 10.1 Å². The minimum absolute atomic E-state index is 0.225. The fraction of sp³-hybridized carbons (Fsp3) is 0.263. The van der Waals surface area contributed by atoms with Gasteiger partial charge in [-0.2, -0.15) is 8.78 Å². The molecule has 1 aromatic heterocycles. The molecule has 6 heteroatoms. The number of nitrogens with one attached hydrogen (secondary N) is 1. The molecule has 0 saturated heterocycles. The number of aromatic nitrogens is 2. The lowest BCUT2D eigenvalue weighted by Gasteiger charge is -2.15. The maximum atomic E-state index is 13.5. The van der Waals surface area contributed by atoms with Crippen molar-refractivity contribution in [1.82, 2.24) is 14.9 Å². The van der Waals surface area contributed by atoms with E-state index in [4.69, 9.17) is 0 Å². The fourth-order valence-corrected chi connectivity index (χ4v) is 2.76. The van der Waals surface area contributed by atoms with Crippen LogP contribution >= 0.6 is 0 Å². The zero-order valence-electron chi connectivity index (χ0n) is 14.0. The van der Waals surface area contributed by atoms with Gasteiger partial charge in [-0.25, -0.2) is 4.98 Å². The van der Waals surface area contributed by atoms with E-state index in [1.165, 1.54) is 0 Å². The summed E-state index contributed by atoms with van der Waals surface area (Å²) < 4.78 is 27.9. The van der Waals surface area contributed by atoms with E-state index in [1.807, 2.05) is 19.1 Å². The Morgan fingerprint density at radius 2 is 1.84 bits per heavy atom. The van der Waals surface area contributed by atoms with Crippen molar-refractivity contribution in [1.29, 1.82) is 0 Å². The molecule has 1 N–H and O–H groups in total. The van der Waals surface area contributed by atoms with Crippen molar-refractivity contribution in [3.05, 3.63) is 65.5 Å². The summed E-state index contributed by atoms with van der Waals surface area (Å²) in [5, 5.41) is 2.79. The summed E-state index contributed by atoms with van der Waals surface area (Å²) in [6.45, 7) is 1.26. The Balaban J connectivity index is 1.78. The summed E-state index contributed by atoms with van der Waals surface area (Å²) in [6.07, 6.45) is 0. The first-order chi connectivity index (χ1) is 12.0. The number of fused-ring (bicyclic) bond motifs is 1. The number of rotatable bonds is 5. The van der Waals surface area contributed by atoms with E-state index in [0.29, 0.717) is 16.6 Å². The molecule has 0 aliphatic carbocycles. The Morgan fingerprint density at radius 3 is 2.52 bits per heavy atom. The van der Waals surface area contributed by atoms with Gasteiger partial charge < -0.3 is 5.32 Å². The molecule has 4 nitrogen and oxygen atoms in total. The number of para-hydroxylation sites is 2. The Hall–Kier alpha value is -2.76. The third-order valence-corrected chi connectivity index (χ3v) is 4.14. The number of imidazole rings is 1. The van der Waals surface area contributed by atoms with E-state index in [-0.39, 0.29) is 24.2 Å². The van der Waals surface area contributed by atoms with Crippen LogP contribution in [0, 0.1) is 6.92 Å². The van der Waals surface area contributed by atoms with Crippen LogP contribution in [0.4, 0.5) is 8.78 Å². The van der Waals surface area contributed by atoms with Gasteiger partial charge in [-0.1, -0.05) is 36.8 Å². The number of benzene rings is 2. The summed E-state index contributed by atoms with van der Waals surface area (Å²) in [4.78, 5) is 16.5. The first kappa shape index (κ1) is 17.1. The summed E-state index contributed by atoms with van der Waals surface area (Å²) in [7, 11) is 0. The SMILES string of the molecule is Cc1ccc(C(=O)NC[C@H](C)c2nc3ccccc3n2C(F)F)cc1. The second kappa shape index (κ2) is 7.01. The molecular weight excluding hydrogens is 324 g/mol. The van der Waals surface area contributed by atoms with Crippen LogP contribution < -0.4 is 5.32 Å². The highest BCUT2D eigenvalue weighted by Crippen LogP contribution is 2.27. The third-order valence-electron chi connectivity index (χ3n) is 4.14. The predicted molar refractivity (Wildman–Crippen MR) is 92.9 cm³/mol. The molecule has 1 atom stereocenters. The second-order valence-corrected chi connectivity index (χ2v) is 6.08. The lowest BCUT2D eigenvalue weighted by Crippen LogP contribution is -2.28. The molecule has 0 saturated carbocycles. The second-order valence-electron chi connectivity index (χ2n) is 6.08. The average Bonchev–Trinajstić information content (AvgIpc) is 2.99. The molecule has 0 fully saturated rings. The number of amides is 1. The zero-order valence-corrected chi connectivity index (χ0v) is 14.0. The van der Waals surface area contributed by atoms with E-state index in [1.54, 1.807) is 43.3 Å². The van der Waals surface area contributed by atoms with Gasteiger partial charge in [0, 0.05) is 18.0 Å². The maximum absolute atomic E-state index is 13.5. The molecule has 0 aliphatic rings. The van der Waals surface area contributed by atoms with Gasteiger partial charge in [0.1, 0.15) is 5.82 Å². The third kappa shape index (κ3) is 3.52. The predicted octanol–water partition coefficient (Wildman–Crippen LogP) is 4.27. The van der Waals surface area contributed by atoms with Crippen molar-refractivity contribution in [3.63, 3.8) is 0 Å². The molecule has 0 aliphatic heterocycles. The highest BCUT2D eigenvalue weighted by molar-refractivity contribution is 5.94. The van der Waals surface area contributed by atoms with Gasteiger partial charge >= 0.3 is 6.55 Å². The maximum Gasteiger partial charge on any atom is 0.320 e. The van der Waals surface area contributed by atoms with Crippen molar-refractivity contribution < 1.29 is 13.6 Å². The van der Waals surface area contributed by atoms with Crippen LogP contribution in [0.3, 0.4) is 0 Å². The van der Waals surface area contributed by atoms with Crippen LogP contribution in [-0.2, 0) is 0 Å². The largest absolute Gasteiger partial charge is 0.351 e. The van der Waals surface area contributed by atoms with Crippen molar-refractivity contribution in [2.24, 2.45) is 0 Å². The molecular formula is C19H19F2N3O. The Labute approximate surface area is 144 Å². The van der Waals surface area contributed by atoms with Crippen LogP contribution in [-0.4, -0.2) is 22.0 Å². The standard InChI is InChI=1S/C19H19F2N3O/c1-12-7-9-14(10-8-12)18(25)22-11-13(2)17-23-15-5-3-4-6-16(15)24(17)19(20)21/h3-10,13,19H,11H2,1-2H3,(H,22,25)/t13-/m0/s1. The summed E-state index contributed by atoms with van der Waals surface area (Å²) in [5.41, 5.74) is 2.52. The molecule has 1 amide bonds. The van der Waals surface area contributed by atoms with E-state index < -0.39 is 6.55 Å². The number of alkyl halides is 2. The van der Waals surface area contributed by atoms with Crippen LogP contribution in [0.1, 0.15) is 41.1 Å². The van der Waals surface area contributed by atoms with E-state index in [2.05, 4.69) is 10.3 Å². The van der Waals surface area contributed by atoms with Crippen LogP contribution in [0.5, 0.6) is 0 Å². The molecule has 2 aromatic carbocycles. The quantitative estimate of drug-likeness (QED) is 0.752. The minimum Gasteiger partial charge on any atom is -0.351 e. The number of aryl methyl sites for hydroxylation is 1. The molecule has 1 heterocycles. The lowest BCUT2D eigenvalue weighted by molar-refractivity contribution is 0.0704. The van der Waals surface area contributed by atoms with Gasteiger partial charge in [-0.3, -0.25) is 9.36 Å². The monoisotopic (exact) mass is 343 g/mol. The van der Waals surface area contributed by atoms with Crippen molar-refractivity contribution in [2.45, 2.75) is 26.3 Å². The fourth-order valence-electron chi connectivity index (χ4n) is 2.76. The van der Waals surface area contributed by atoms with Crippen LogP contribution in [0.15, 0.2) is 48.5 Å². The molecule has 25 heavy (non-hydrogen) atoms. The van der Waals surface area contributed by atoms with Gasteiger partial charge in [0.2, 0.25) is 0 Å². The Morgan fingerprint density at radius 1 is 1.16 bits per heavy atom. The highest BCUT2D eigenvalue weighted by Gasteiger charge is 2.22. The lowest BCUT2D eigenvalue weighted by atomic mass is 10.1. The Kier molecular flexibility index (Phi) is 4.79. The van der Waals surface area contributed by atoms with Crippen molar-refractivity contribution >= 4 is 16.9 Å². The first-order valence-electron chi connectivity index (χ1n) is 8.07. The topological polar surface area (TPSA) is 46.9 Å². The number of halogens is 2. The van der Waals surface area contributed by atoms with E-state index in [9.17, 15) is 13.6 Å². The number of carbonyl (C=O) groups is 1. The molecule has 3 aromatic rings. The van der Waals surface area contributed by atoms with Gasteiger partial charge in [-0.15, -0.1) is 0 Å². The molecule has 3 rings (SSSR count). The highest BCUT2D eigenvalue weighted by atomic mass is 19.3. The van der Waals surface area contributed by atoms with Crippen LogP contribution in [0.2, 0.25) is 0 Å². The van der Waals surface area contributed by atoms with Gasteiger partial charge in [0.05, 0.1) is 11.0 Å². The molecule has 130 valence electrons. The van der Waals surface area contributed by atoms with Gasteiger partial charge in [0.25, 0.3) is 5.91 Å². The smallest absolute Gasteiger partial charge is 0.320 e. The minimum atomic E-state index is -2.68. The molecule has 0 radical (unpaired) electrons. The summed E-state index contributed by atoms with van der Waals surface area (Å²) in [6, 6.07) is 14.0. The number of nitrogens with zero attached hydrogens (tertiary/aromatic N) is 2. The summed E-state index contributed by atoms with van der Waals surface area (Å²) >= 11 is 0. The van der Waals surface area contributed by atoms with Crippen molar-refractivity contribution in [2.75, 3.05) is 6.54 Å². The molecule has 0 spiro atoms. The summed E-state index contributed by atoms with van der Waals surface area (Å²) in [5.74, 6) is -0.317. The first-order valence-corrected chi connectivity index (χ1v) is 8.07. The average molecular weight is 343 g/mol. The zero-order chi connectivity index (χ0) is 18.0. The number of carbonyl (C=O) groups excluding carboxylic acids is 1.